The van der Waals surface area contributed by atoms with Gasteiger partial charge < -0.3 is 15.4 Å². The molecule has 1 aliphatic heterocycles. The molecule has 2 aromatic carbocycles. The van der Waals surface area contributed by atoms with Crippen LogP contribution in [0.15, 0.2) is 48.5 Å². The third-order valence-corrected chi connectivity index (χ3v) is 3.67. The Morgan fingerprint density at radius 2 is 1.95 bits per heavy atom. The van der Waals surface area contributed by atoms with Gasteiger partial charge in [-0.3, -0.25) is 4.79 Å². The van der Waals surface area contributed by atoms with Crippen LogP contribution in [0.2, 0.25) is 0 Å². The number of hydrogen-bond donors (Lipinski definition) is 1. The van der Waals surface area contributed by atoms with Crippen LogP contribution in [0.1, 0.15) is 17.2 Å². The van der Waals surface area contributed by atoms with Gasteiger partial charge in [-0.25, -0.2) is 0 Å². The number of para-hydroxylation sites is 1. The summed E-state index contributed by atoms with van der Waals surface area (Å²) >= 11 is 0. The van der Waals surface area contributed by atoms with Gasteiger partial charge in [0.25, 0.3) is 0 Å². The molecule has 1 atom stereocenters. The Hall–Kier alpha value is -2.33. The molecule has 2 aromatic rings. The third-order valence-electron chi connectivity index (χ3n) is 3.67. The molecule has 0 aliphatic carbocycles. The number of hydrogen-bond acceptors (Lipinski definition) is 3. The summed E-state index contributed by atoms with van der Waals surface area (Å²) in [5.41, 5.74) is 8.91. The second kappa shape index (κ2) is 5.58. The number of benzene rings is 2. The lowest BCUT2D eigenvalue weighted by Gasteiger charge is -2.18. The van der Waals surface area contributed by atoms with Crippen LogP contribution in [0.25, 0.3) is 0 Å². The minimum Gasteiger partial charge on any atom is -0.492 e. The molecule has 2 N–H and O–H groups in total. The summed E-state index contributed by atoms with van der Waals surface area (Å²) in [5.74, 6) is 0.741. The van der Waals surface area contributed by atoms with Crippen molar-refractivity contribution in [2.45, 2.75) is 13.0 Å². The van der Waals surface area contributed by atoms with Gasteiger partial charge in [-0.15, -0.1) is 0 Å². The van der Waals surface area contributed by atoms with Crippen molar-refractivity contribution in [2.75, 3.05) is 18.1 Å². The summed E-state index contributed by atoms with van der Waals surface area (Å²) < 4.78 is 5.66. The number of aryl methyl sites for hydroxylation is 1. The van der Waals surface area contributed by atoms with E-state index in [1.165, 1.54) is 0 Å². The van der Waals surface area contributed by atoms with E-state index in [-0.39, 0.29) is 5.91 Å². The molecule has 4 heteroatoms. The smallest absolute Gasteiger partial charge is 0.248 e. The molecule has 0 bridgehead atoms. The van der Waals surface area contributed by atoms with Gasteiger partial charge in [0.15, 0.2) is 0 Å². The first-order chi connectivity index (χ1) is 10.2. The predicted molar refractivity (Wildman–Crippen MR) is 82.4 cm³/mol. The quantitative estimate of drug-likeness (QED) is 0.937. The Bertz CT molecular complexity index is 655. The second-order valence-electron chi connectivity index (χ2n) is 5.19. The van der Waals surface area contributed by atoms with Crippen LogP contribution < -0.4 is 15.4 Å². The fraction of sp³-hybridized carbons (Fsp3) is 0.235. The van der Waals surface area contributed by atoms with Gasteiger partial charge in [0.2, 0.25) is 5.91 Å². The van der Waals surface area contributed by atoms with Crippen LogP contribution in [0.3, 0.4) is 0 Å². The lowest BCUT2D eigenvalue weighted by molar-refractivity contribution is -0.119. The molecule has 0 saturated carbocycles. The summed E-state index contributed by atoms with van der Waals surface area (Å²) in [6.45, 7) is 2.94. The monoisotopic (exact) mass is 282 g/mol. The van der Waals surface area contributed by atoms with E-state index in [1.54, 1.807) is 4.90 Å². The normalized spacial score (nSPS) is 17.0. The van der Waals surface area contributed by atoms with Gasteiger partial charge in [-0.2, -0.15) is 0 Å². The van der Waals surface area contributed by atoms with Crippen molar-refractivity contribution in [1.29, 1.82) is 0 Å². The molecule has 1 amide bonds. The highest BCUT2D eigenvalue weighted by Gasteiger charge is 2.34. The molecule has 0 saturated heterocycles. The van der Waals surface area contributed by atoms with Crippen LogP contribution in [-0.2, 0) is 4.79 Å². The number of carbonyl (C=O) groups is 1. The molecule has 0 spiro atoms. The van der Waals surface area contributed by atoms with E-state index in [2.05, 4.69) is 0 Å². The van der Waals surface area contributed by atoms with Gasteiger partial charge in [0, 0.05) is 11.3 Å². The number of fused-ring (bicyclic) bond motifs is 1. The molecule has 1 unspecified atom stereocenters. The molecular formula is C17H18N2O2. The Morgan fingerprint density at radius 3 is 2.71 bits per heavy atom. The van der Waals surface area contributed by atoms with E-state index in [9.17, 15) is 4.79 Å². The number of rotatable bonds is 4. The molecule has 0 fully saturated rings. The number of anilines is 1. The van der Waals surface area contributed by atoms with E-state index >= 15 is 0 Å². The van der Waals surface area contributed by atoms with E-state index in [0.717, 1.165) is 22.6 Å². The fourth-order valence-electron chi connectivity index (χ4n) is 2.59. The zero-order valence-electron chi connectivity index (χ0n) is 12.0. The molecule has 3 rings (SSSR count). The molecule has 1 heterocycles. The Labute approximate surface area is 124 Å². The first-order valence-corrected chi connectivity index (χ1v) is 7.02. The average Bonchev–Trinajstić information content (AvgIpc) is 2.73. The predicted octanol–water partition coefficient (Wildman–Crippen LogP) is 2.42. The highest BCUT2D eigenvalue weighted by Crippen LogP contribution is 2.34. The molecule has 21 heavy (non-hydrogen) atoms. The summed E-state index contributed by atoms with van der Waals surface area (Å²) in [6.07, 6.45) is 0. The molecule has 0 aromatic heterocycles. The zero-order valence-corrected chi connectivity index (χ0v) is 12.0. The number of nitrogens with two attached hydrogens (primary N) is 1. The van der Waals surface area contributed by atoms with E-state index < -0.39 is 6.04 Å². The van der Waals surface area contributed by atoms with Crippen molar-refractivity contribution in [3.63, 3.8) is 0 Å². The fourth-order valence-corrected chi connectivity index (χ4v) is 2.59. The SMILES string of the molecule is Cc1ccc2c(c1)C(N)C(=O)N2CCOc1ccccc1. The second-order valence-corrected chi connectivity index (χ2v) is 5.19. The van der Waals surface area contributed by atoms with Crippen LogP contribution in [0.5, 0.6) is 5.75 Å². The first-order valence-electron chi connectivity index (χ1n) is 7.02. The first kappa shape index (κ1) is 13.6. The van der Waals surface area contributed by atoms with Gasteiger partial charge in [0.1, 0.15) is 18.4 Å². The Balaban J connectivity index is 1.70. The van der Waals surface area contributed by atoms with Crippen molar-refractivity contribution in [2.24, 2.45) is 5.73 Å². The lowest BCUT2D eigenvalue weighted by Crippen LogP contribution is -2.34. The summed E-state index contributed by atoms with van der Waals surface area (Å²) in [4.78, 5) is 14.0. The minimum atomic E-state index is -0.559. The largest absolute Gasteiger partial charge is 0.492 e. The summed E-state index contributed by atoms with van der Waals surface area (Å²) in [5, 5.41) is 0. The van der Waals surface area contributed by atoms with E-state index in [0.29, 0.717) is 13.2 Å². The van der Waals surface area contributed by atoms with Crippen molar-refractivity contribution >= 4 is 11.6 Å². The highest BCUT2D eigenvalue weighted by atomic mass is 16.5. The maximum absolute atomic E-state index is 12.3. The lowest BCUT2D eigenvalue weighted by atomic mass is 10.1. The topological polar surface area (TPSA) is 55.6 Å². The van der Waals surface area contributed by atoms with Gasteiger partial charge >= 0.3 is 0 Å². The van der Waals surface area contributed by atoms with Crippen molar-refractivity contribution in [1.82, 2.24) is 0 Å². The van der Waals surface area contributed by atoms with Crippen molar-refractivity contribution in [3.05, 3.63) is 59.7 Å². The molecule has 4 nitrogen and oxygen atoms in total. The van der Waals surface area contributed by atoms with E-state index in [4.69, 9.17) is 10.5 Å². The standard InChI is InChI=1S/C17H18N2O2/c1-12-7-8-15-14(11-12)16(18)17(20)19(15)9-10-21-13-5-3-2-4-6-13/h2-8,11,16H,9-10,18H2,1H3. The van der Waals surface area contributed by atoms with Gasteiger partial charge in [-0.1, -0.05) is 35.9 Å². The number of amides is 1. The summed E-state index contributed by atoms with van der Waals surface area (Å²) in [6, 6.07) is 15.0. The molecule has 108 valence electrons. The summed E-state index contributed by atoms with van der Waals surface area (Å²) in [7, 11) is 0. The molecule has 0 radical (unpaired) electrons. The zero-order chi connectivity index (χ0) is 14.8. The maximum Gasteiger partial charge on any atom is 0.248 e. The Morgan fingerprint density at radius 1 is 1.19 bits per heavy atom. The van der Waals surface area contributed by atoms with Crippen LogP contribution in [0.4, 0.5) is 5.69 Å². The number of nitrogens with zero attached hydrogens (tertiary/aromatic N) is 1. The number of carbonyl (C=O) groups excluding carboxylic acids is 1. The number of ether oxygens (including phenoxy) is 1. The average molecular weight is 282 g/mol. The maximum atomic E-state index is 12.3. The third kappa shape index (κ3) is 2.62. The van der Waals surface area contributed by atoms with Gasteiger partial charge in [0.05, 0.1) is 6.54 Å². The minimum absolute atomic E-state index is 0.0627. The Kier molecular flexibility index (Phi) is 3.62. The van der Waals surface area contributed by atoms with Crippen LogP contribution in [-0.4, -0.2) is 19.1 Å². The molecule has 1 aliphatic rings. The van der Waals surface area contributed by atoms with Crippen LogP contribution in [0, 0.1) is 6.92 Å². The van der Waals surface area contributed by atoms with Crippen LogP contribution >= 0.6 is 0 Å². The van der Waals surface area contributed by atoms with E-state index in [1.807, 2.05) is 55.5 Å². The van der Waals surface area contributed by atoms with Gasteiger partial charge in [-0.05, 0) is 25.1 Å². The van der Waals surface area contributed by atoms with Crippen molar-refractivity contribution < 1.29 is 9.53 Å². The van der Waals surface area contributed by atoms with Crippen molar-refractivity contribution in [3.8, 4) is 5.75 Å². The highest BCUT2D eigenvalue weighted by molar-refractivity contribution is 6.04. The molecular weight excluding hydrogens is 264 g/mol.